The number of hydrogen-bond acceptors (Lipinski definition) is 3. The van der Waals surface area contributed by atoms with E-state index in [4.69, 9.17) is 0 Å². The molecule has 5 nitrogen and oxygen atoms in total. The summed E-state index contributed by atoms with van der Waals surface area (Å²) >= 11 is 0. The minimum Gasteiger partial charge on any atom is -0.316 e. The Balaban J connectivity index is 2.29. The number of benzene rings is 2. The third kappa shape index (κ3) is 4.02. The lowest BCUT2D eigenvalue weighted by molar-refractivity contribution is -0.116. The summed E-state index contributed by atoms with van der Waals surface area (Å²) in [4.78, 5) is 13.2. The molecule has 0 fully saturated rings. The van der Waals surface area contributed by atoms with E-state index in [1.165, 1.54) is 23.2 Å². The molecule has 134 valence electrons. The van der Waals surface area contributed by atoms with Crippen LogP contribution in [0.4, 0.5) is 11.4 Å². The zero-order chi connectivity index (χ0) is 18.8. The molecule has 0 bridgehead atoms. The minimum atomic E-state index is -3.63. The van der Waals surface area contributed by atoms with Crippen molar-refractivity contribution in [1.29, 1.82) is 0 Å². The van der Waals surface area contributed by atoms with Gasteiger partial charge in [-0.25, -0.2) is 8.42 Å². The van der Waals surface area contributed by atoms with E-state index in [9.17, 15) is 13.2 Å². The number of hydrogen-bond donors (Lipinski definition) is 0. The highest BCUT2D eigenvalue weighted by atomic mass is 32.2. The standard InChI is InChI=1S/C19H24N2O3S/c1-14(2)16-6-12-19(13-7-16)25(23,24)21(5)18-10-8-17(9-11-18)20(4)15(3)22/h6-14H,1-5H3. The second kappa shape index (κ2) is 7.27. The fourth-order valence-corrected chi connectivity index (χ4v) is 3.59. The van der Waals surface area contributed by atoms with Crippen molar-refractivity contribution in [2.45, 2.75) is 31.6 Å². The van der Waals surface area contributed by atoms with Crippen LogP contribution in [-0.2, 0) is 14.8 Å². The average Bonchev–Trinajstić information content (AvgIpc) is 2.60. The third-order valence-corrected chi connectivity index (χ3v) is 6.08. The van der Waals surface area contributed by atoms with Gasteiger partial charge in [-0.3, -0.25) is 9.10 Å². The van der Waals surface area contributed by atoms with E-state index >= 15 is 0 Å². The summed E-state index contributed by atoms with van der Waals surface area (Å²) in [6.45, 7) is 5.61. The number of rotatable bonds is 5. The molecule has 0 saturated heterocycles. The fraction of sp³-hybridized carbons (Fsp3) is 0.316. The molecule has 0 aromatic heterocycles. The van der Waals surface area contributed by atoms with E-state index in [2.05, 4.69) is 13.8 Å². The molecule has 0 aliphatic carbocycles. The lowest BCUT2D eigenvalue weighted by Crippen LogP contribution is -2.27. The molecule has 0 heterocycles. The first-order valence-electron chi connectivity index (χ1n) is 8.08. The molecule has 0 aliphatic heterocycles. The summed E-state index contributed by atoms with van der Waals surface area (Å²) in [6, 6.07) is 13.8. The molecule has 0 aliphatic rings. The van der Waals surface area contributed by atoms with Crippen LogP contribution in [0, 0.1) is 0 Å². The quantitative estimate of drug-likeness (QED) is 0.818. The SMILES string of the molecule is CC(=O)N(C)c1ccc(N(C)S(=O)(=O)c2ccc(C(C)C)cc2)cc1. The topological polar surface area (TPSA) is 57.7 Å². The fourth-order valence-electron chi connectivity index (χ4n) is 2.39. The van der Waals surface area contributed by atoms with E-state index in [-0.39, 0.29) is 10.8 Å². The van der Waals surface area contributed by atoms with Gasteiger partial charge in [-0.05, 0) is 47.9 Å². The highest BCUT2D eigenvalue weighted by Gasteiger charge is 2.21. The van der Waals surface area contributed by atoms with Gasteiger partial charge in [0.2, 0.25) is 5.91 Å². The Kier molecular flexibility index (Phi) is 5.52. The van der Waals surface area contributed by atoms with E-state index in [0.29, 0.717) is 17.3 Å². The van der Waals surface area contributed by atoms with Crippen LogP contribution in [0.1, 0.15) is 32.3 Å². The van der Waals surface area contributed by atoms with Gasteiger partial charge in [-0.1, -0.05) is 26.0 Å². The van der Waals surface area contributed by atoms with E-state index < -0.39 is 10.0 Å². The maximum absolute atomic E-state index is 12.8. The summed E-state index contributed by atoms with van der Waals surface area (Å²) in [7, 11) is -0.433. The van der Waals surface area contributed by atoms with Crippen LogP contribution < -0.4 is 9.21 Å². The van der Waals surface area contributed by atoms with Crippen molar-refractivity contribution in [3.8, 4) is 0 Å². The van der Waals surface area contributed by atoms with Crippen LogP contribution in [0.3, 0.4) is 0 Å². The molecule has 1 amide bonds. The molecule has 0 saturated carbocycles. The van der Waals surface area contributed by atoms with Crippen LogP contribution >= 0.6 is 0 Å². The van der Waals surface area contributed by atoms with Crippen molar-refractivity contribution >= 4 is 27.3 Å². The summed E-state index contributed by atoms with van der Waals surface area (Å²) < 4.78 is 26.8. The summed E-state index contributed by atoms with van der Waals surface area (Å²) in [5.41, 5.74) is 2.34. The Morgan fingerprint density at radius 1 is 0.880 bits per heavy atom. The summed E-state index contributed by atoms with van der Waals surface area (Å²) in [5.74, 6) is 0.263. The Labute approximate surface area is 149 Å². The number of carbonyl (C=O) groups is 1. The van der Waals surface area contributed by atoms with Crippen molar-refractivity contribution in [3.63, 3.8) is 0 Å². The summed E-state index contributed by atoms with van der Waals surface area (Å²) in [5, 5.41) is 0. The molecule has 0 radical (unpaired) electrons. The van der Waals surface area contributed by atoms with Gasteiger partial charge in [0, 0.05) is 26.7 Å². The van der Waals surface area contributed by atoms with Gasteiger partial charge in [-0.15, -0.1) is 0 Å². The highest BCUT2D eigenvalue weighted by molar-refractivity contribution is 7.92. The lowest BCUT2D eigenvalue weighted by Gasteiger charge is -2.21. The molecule has 0 atom stereocenters. The lowest BCUT2D eigenvalue weighted by atomic mass is 10.0. The number of amides is 1. The van der Waals surface area contributed by atoms with Gasteiger partial charge in [0.25, 0.3) is 10.0 Å². The first kappa shape index (κ1) is 19.0. The van der Waals surface area contributed by atoms with Crippen LogP contribution in [0.2, 0.25) is 0 Å². The molecule has 25 heavy (non-hydrogen) atoms. The first-order chi connectivity index (χ1) is 11.6. The largest absolute Gasteiger partial charge is 0.316 e. The Hall–Kier alpha value is -2.34. The van der Waals surface area contributed by atoms with Gasteiger partial charge >= 0.3 is 0 Å². The van der Waals surface area contributed by atoms with Crippen molar-refractivity contribution < 1.29 is 13.2 Å². The maximum Gasteiger partial charge on any atom is 0.264 e. The van der Waals surface area contributed by atoms with Crippen molar-refractivity contribution in [2.24, 2.45) is 0 Å². The second-order valence-corrected chi connectivity index (χ2v) is 8.26. The van der Waals surface area contributed by atoms with Crippen molar-refractivity contribution in [1.82, 2.24) is 0 Å². The van der Waals surface area contributed by atoms with Crippen molar-refractivity contribution in [3.05, 3.63) is 54.1 Å². The zero-order valence-electron chi connectivity index (χ0n) is 15.2. The predicted octanol–water partition coefficient (Wildman–Crippen LogP) is 3.62. The number of nitrogens with zero attached hydrogens (tertiary/aromatic N) is 2. The average molecular weight is 360 g/mol. The van der Waals surface area contributed by atoms with Crippen LogP contribution in [0.25, 0.3) is 0 Å². The maximum atomic E-state index is 12.8. The van der Waals surface area contributed by atoms with E-state index in [1.807, 2.05) is 12.1 Å². The van der Waals surface area contributed by atoms with Crippen LogP contribution in [0.15, 0.2) is 53.4 Å². The van der Waals surface area contributed by atoms with Gasteiger partial charge < -0.3 is 4.90 Å². The van der Waals surface area contributed by atoms with Crippen LogP contribution in [-0.4, -0.2) is 28.4 Å². The second-order valence-electron chi connectivity index (χ2n) is 6.29. The third-order valence-electron chi connectivity index (χ3n) is 4.28. The summed E-state index contributed by atoms with van der Waals surface area (Å²) in [6.07, 6.45) is 0. The van der Waals surface area contributed by atoms with Gasteiger partial charge in [0.1, 0.15) is 0 Å². The molecular formula is C19H24N2O3S. The zero-order valence-corrected chi connectivity index (χ0v) is 16.0. The number of sulfonamides is 1. The molecule has 6 heteroatoms. The molecule has 0 N–H and O–H groups in total. The Bertz CT molecular complexity index is 841. The number of carbonyl (C=O) groups excluding carboxylic acids is 1. The molecule has 2 aromatic carbocycles. The first-order valence-corrected chi connectivity index (χ1v) is 9.52. The van der Waals surface area contributed by atoms with Crippen LogP contribution in [0.5, 0.6) is 0 Å². The molecule has 0 unspecified atom stereocenters. The number of anilines is 2. The van der Waals surface area contributed by atoms with E-state index in [1.54, 1.807) is 43.4 Å². The Morgan fingerprint density at radius 2 is 1.36 bits per heavy atom. The smallest absolute Gasteiger partial charge is 0.264 e. The molecular weight excluding hydrogens is 336 g/mol. The van der Waals surface area contributed by atoms with E-state index in [0.717, 1.165) is 5.56 Å². The van der Waals surface area contributed by atoms with Gasteiger partial charge in [-0.2, -0.15) is 0 Å². The normalized spacial score (nSPS) is 11.4. The molecule has 0 spiro atoms. The minimum absolute atomic E-state index is 0.0843. The Morgan fingerprint density at radius 3 is 1.80 bits per heavy atom. The highest BCUT2D eigenvalue weighted by Crippen LogP contribution is 2.25. The molecule has 2 aromatic rings. The predicted molar refractivity (Wildman–Crippen MR) is 102 cm³/mol. The molecule has 2 rings (SSSR count). The van der Waals surface area contributed by atoms with Gasteiger partial charge in [0.15, 0.2) is 0 Å². The monoisotopic (exact) mass is 360 g/mol. The van der Waals surface area contributed by atoms with Crippen molar-refractivity contribution in [2.75, 3.05) is 23.3 Å². The van der Waals surface area contributed by atoms with Gasteiger partial charge in [0.05, 0.1) is 10.6 Å².